The summed E-state index contributed by atoms with van der Waals surface area (Å²) in [6.07, 6.45) is 2.56. The highest BCUT2D eigenvalue weighted by Gasteiger charge is 2.30. The molecule has 1 aromatic carbocycles. The Morgan fingerprint density at radius 2 is 1.79 bits per heavy atom. The van der Waals surface area contributed by atoms with Gasteiger partial charge in [0.15, 0.2) is 0 Å². The number of nitrogens with one attached hydrogen (secondary N) is 1. The van der Waals surface area contributed by atoms with Gasteiger partial charge in [-0.2, -0.15) is 0 Å². The minimum absolute atomic E-state index is 0.000725. The van der Waals surface area contributed by atoms with Crippen LogP contribution in [0, 0.1) is 12.8 Å². The van der Waals surface area contributed by atoms with Crippen molar-refractivity contribution >= 4 is 12.0 Å². The van der Waals surface area contributed by atoms with Crippen molar-refractivity contribution in [2.24, 2.45) is 5.92 Å². The van der Waals surface area contributed by atoms with Gasteiger partial charge in [-0.1, -0.05) is 36.4 Å². The van der Waals surface area contributed by atoms with Crippen LogP contribution in [0.25, 0.3) is 0 Å². The van der Waals surface area contributed by atoms with E-state index in [9.17, 15) is 9.59 Å². The normalized spacial score (nSPS) is 15.8. The third-order valence-electron chi connectivity index (χ3n) is 5.20. The van der Waals surface area contributed by atoms with Crippen LogP contribution in [0.1, 0.15) is 49.6 Å². The molecule has 154 valence electrons. The summed E-state index contributed by atoms with van der Waals surface area (Å²) in [5.41, 5.74) is 2.89. The maximum atomic E-state index is 13.0. The first-order valence-electron chi connectivity index (χ1n) is 10.2. The summed E-state index contributed by atoms with van der Waals surface area (Å²) in [6, 6.07) is 13.5. The van der Waals surface area contributed by atoms with Crippen LogP contribution in [-0.4, -0.2) is 41.1 Å². The Labute approximate surface area is 172 Å². The van der Waals surface area contributed by atoms with Gasteiger partial charge in [-0.3, -0.25) is 9.78 Å². The Morgan fingerprint density at radius 1 is 1.10 bits per heavy atom. The lowest BCUT2D eigenvalue weighted by atomic mass is 9.94. The lowest BCUT2D eigenvalue weighted by molar-refractivity contribution is -0.127. The van der Waals surface area contributed by atoms with Gasteiger partial charge in [-0.25, -0.2) is 4.79 Å². The molecule has 1 saturated heterocycles. The SMILES string of the molecule is Cc1cccnc1C(NC(=O)C1CCN(C(=O)OC(C)C)CC1)c1ccccc1. The molecule has 29 heavy (non-hydrogen) atoms. The Kier molecular flexibility index (Phi) is 6.86. The summed E-state index contributed by atoms with van der Waals surface area (Å²) in [5, 5.41) is 3.20. The van der Waals surface area contributed by atoms with E-state index in [-0.39, 0.29) is 30.1 Å². The second-order valence-electron chi connectivity index (χ2n) is 7.75. The Hall–Kier alpha value is -2.89. The van der Waals surface area contributed by atoms with Crippen molar-refractivity contribution in [2.75, 3.05) is 13.1 Å². The number of benzene rings is 1. The molecule has 1 fully saturated rings. The van der Waals surface area contributed by atoms with Gasteiger partial charge >= 0.3 is 6.09 Å². The van der Waals surface area contributed by atoms with E-state index in [1.54, 1.807) is 11.1 Å². The van der Waals surface area contributed by atoms with E-state index in [0.717, 1.165) is 16.8 Å². The molecule has 1 atom stereocenters. The fourth-order valence-corrected chi connectivity index (χ4v) is 3.62. The standard InChI is InChI=1S/C23H29N3O3/c1-16(2)29-23(28)26-14-11-19(12-15-26)22(27)25-21(18-9-5-4-6-10-18)20-17(3)8-7-13-24-20/h4-10,13,16,19,21H,11-12,14-15H2,1-3H3,(H,25,27). The van der Waals surface area contributed by atoms with Crippen LogP contribution in [0.4, 0.5) is 4.79 Å². The van der Waals surface area contributed by atoms with Crippen molar-refractivity contribution in [1.82, 2.24) is 15.2 Å². The second-order valence-corrected chi connectivity index (χ2v) is 7.75. The monoisotopic (exact) mass is 395 g/mol. The average molecular weight is 396 g/mol. The van der Waals surface area contributed by atoms with Crippen molar-refractivity contribution < 1.29 is 14.3 Å². The minimum Gasteiger partial charge on any atom is -0.447 e. The van der Waals surface area contributed by atoms with Crippen LogP contribution >= 0.6 is 0 Å². The van der Waals surface area contributed by atoms with Gasteiger partial charge < -0.3 is 15.0 Å². The van der Waals surface area contributed by atoms with E-state index in [0.29, 0.717) is 25.9 Å². The maximum Gasteiger partial charge on any atom is 0.410 e. The summed E-state index contributed by atoms with van der Waals surface area (Å²) >= 11 is 0. The largest absolute Gasteiger partial charge is 0.447 e. The van der Waals surface area contributed by atoms with E-state index in [2.05, 4.69) is 10.3 Å². The van der Waals surface area contributed by atoms with E-state index < -0.39 is 0 Å². The third kappa shape index (κ3) is 5.34. The fourth-order valence-electron chi connectivity index (χ4n) is 3.62. The summed E-state index contributed by atoms with van der Waals surface area (Å²) in [4.78, 5) is 31.3. The number of hydrogen-bond donors (Lipinski definition) is 1. The highest BCUT2D eigenvalue weighted by molar-refractivity contribution is 5.80. The smallest absolute Gasteiger partial charge is 0.410 e. The first-order valence-corrected chi connectivity index (χ1v) is 10.2. The first-order chi connectivity index (χ1) is 14.0. The Balaban J connectivity index is 1.69. The number of ether oxygens (including phenoxy) is 1. The number of hydrogen-bond acceptors (Lipinski definition) is 4. The number of nitrogens with zero attached hydrogens (tertiary/aromatic N) is 2. The van der Waals surface area contributed by atoms with Crippen molar-refractivity contribution in [2.45, 2.75) is 45.8 Å². The fraction of sp³-hybridized carbons (Fsp3) is 0.435. The molecular weight excluding hydrogens is 366 g/mol. The van der Waals surface area contributed by atoms with Crippen LogP contribution in [0.15, 0.2) is 48.7 Å². The molecule has 6 nitrogen and oxygen atoms in total. The molecule has 3 rings (SSSR count). The van der Waals surface area contributed by atoms with E-state index in [1.165, 1.54) is 0 Å². The summed E-state index contributed by atoms with van der Waals surface area (Å²) in [6.45, 7) is 6.73. The molecule has 2 aromatic rings. The van der Waals surface area contributed by atoms with Gasteiger partial charge in [0, 0.05) is 25.2 Å². The van der Waals surface area contributed by atoms with Crippen LogP contribution in [0.2, 0.25) is 0 Å². The number of likely N-dealkylation sites (tertiary alicyclic amines) is 1. The first kappa shape index (κ1) is 20.8. The second kappa shape index (κ2) is 9.54. The Bertz CT molecular complexity index is 830. The van der Waals surface area contributed by atoms with Crippen LogP contribution in [-0.2, 0) is 9.53 Å². The van der Waals surface area contributed by atoms with E-state index in [1.807, 2.05) is 63.2 Å². The number of amides is 2. The molecule has 1 aliphatic heterocycles. The molecule has 6 heteroatoms. The molecule has 0 aliphatic carbocycles. The molecule has 1 aromatic heterocycles. The third-order valence-corrected chi connectivity index (χ3v) is 5.20. The zero-order valence-electron chi connectivity index (χ0n) is 17.3. The van der Waals surface area contributed by atoms with Crippen molar-refractivity contribution in [3.63, 3.8) is 0 Å². The van der Waals surface area contributed by atoms with Crippen LogP contribution in [0.5, 0.6) is 0 Å². The van der Waals surface area contributed by atoms with Gasteiger partial charge in [0.1, 0.15) is 0 Å². The van der Waals surface area contributed by atoms with Gasteiger partial charge in [0.25, 0.3) is 0 Å². The Morgan fingerprint density at radius 3 is 2.41 bits per heavy atom. The lowest BCUT2D eigenvalue weighted by Gasteiger charge is -2.32. The van der Waals surface area contributed by atoms with Gasteiger partial charge in [0.05, 0.1) is 17.8 Å². The number of aryl methyl sites for hydroxylation is 1. The van der Waals surface area contributed by atoms with Gasteiger partial charge in [-0.15, -0.1) is 0 Å². The number of aromatic nitrogens is 1. The molecule has 0 bridgehead atoms. The summed E-state index contributed by atoms with van der Waals surface area (Å²) < 4.78 is 5.26. The topological polar surface area (TPSA) is 71.5 Å². The molecule has 0 saturated carbocycles. The highest BCUT2D eigenvalue weighted by Crippen LogP contribution is 2.25. The highest BCUT2D eigenvalue weighted by atomic mass is 16.6. The predicted molar refractivity (Wildman–Crippen MR) is 111 cm³/mol. The maximum absolute atomic E-state index is 13.0. The molecule has 1 unspecified atom stereocenters. The van der Waals surface area contributed by atoms with Crippen LogP contribution in [0.3, 0.4) is 0 Å². The molecule has 2 amide bonds. The van der Waals surface area contributed by atoms with Gasteiger partial charge in [-0.05, 0) is 50.8 Å². The quantitative estimate of drug-likeness (QED) is 0.835. The van der Waals surface area contributed by atoms with Gasteiger partial charge in [0.2, 0.25) is 5.91 Å². The molecular formula is C23H29N3O3. The predicted octanol–water partition coefficient (Wildman–Crippen LogP) is 3.85. The van der Waals surface area contributed by atoms with E-state index in [4.69, 9.17) is 4.74 Å². The minimum atomic E-state index is -0.301. The van der Waals surface area contributed by atoms with Crippen molar-refractivity contribution in [1.29, 1.82) is 0 Å². The van der Waals surface area contributed by atoms with Crippen molar-refractivity contribution in [3.8, 4) is 0 Å². The van der Waals surface area contributed by atoms with E-state index >= 15 is 0 Å². The lowest BCUT2D eigenvalue weighted by Crippen LogP contribution is -2.44. The molecule has 2 heterocycles. The number of pyridine rings is 1. The zero-order chi connectivity index (χ0) is 20.8. The average Bonchev–Trinajstić information content (AvgIpc) is 2.73. The zero-order valence-corrected chi connectivity index (χ0v) is 17.3. The summed E-state index contributed by atoms with van der Waals surface area (Å²) in [7, 11) is 0. The number of carbonyl (C=O) groups is 2. The summed E-state index contributed by atoms with van der Waals surface area (Å²) in [5.74, 6) is -0.130. The van der Waals surface area contributed by atoms with Crippen molar-refractivity contribution in [3.05, 3.63) is 65.5 Å². The molecule has 0 radical (unpaired) electrons. The number of rotatable bonds is 5. The number of carbonyl (C=O) groups excluding carboxylic acids is 2. The number of piperidine rings is 1. The molecule has 1 N–H and O–H groups in total. The molecule has 1 aliphatic rings. The van der Waals surface area contributed by atoms with Crippen LogP contribution < -0.4 is 5.32 Å². The molecule has 0 spiro atoms.